The van der Waals surface area contributed by atoms with Crippen LogP contribution in [0.2, 0.25) is 0 Å². The number of sulfonamides is 1. The van der Waals surface area contributed by atoms with Crippen LogP contribution in [0.4, 0.5) is 0 Å². The highest BCUT2D eigenvalue weighted by Gasteiger charge is 2.22. The summed E-state index contributed by atoms with van der Waals surface area (Å²) in [5.41, 5.74) is -0.404. The number of esters is 1. The van der Waals surface area contributed by atoms with Gasteiger partial charge in [-0.05, 0) is 24.6 Å². The molecule has 0 saturated heterocycles. The summed E-state index contributed by atoms with van der Waals surface area (Å²) in [6.45, 7) is 0.805. The predicted molar refractivity (Wildman–Crippen MR) is 67.0 cm³/mol. The molecule has 0 unspecified atom stereocenters. The summed E-state index contributed by atoms with van der Waals surface area (Å²) in [4.78, 5) is 21.5. The van der Waals surface area contributed by atoms with Crippen LogP contribution < -0.4 is 4.72 Å². The molecule has 110 valence electrons. The summed E-state index contributed by atoms with van der Waals surface area (Å²) < 4.78 is 30.2. The molecular weight excluding hydrogens is 290 g/mol. The van der Waals surface area contributed by atoms with Gasteiger partial charge < -0.3 is 14.9 Å². The van der Waals surface area contributed by atoms with E-state index in [1.54, 1.807) is 0 Å². The molecule has 0 radical (unpaired) electrons. The second-order valence-electron chi connectivity index (χ2n) is 3.84. The van der Waals surface area contributed by atoms with Gasteiger partial charge in [0, 0.05) is 0 Å². The van der Waals surface area contributed by atoms with Gasteiger partial charge in [0.15, 0.2) is 0 Å². The number of hydrogen-bond acceptors (Lipinski definition) is 6. The highest BCUT2D eigenvalue weighted by molar-refractivity contribution is 7.89. The molecule has 0 aliphatic carbocycles. The molecule has 1 aromatic carbocycles. The molecule has 0 fully saturated rings. The average Bonchev–Trinajstić information content (AvgIpc) is 2.35. The van der Waals surface area contributed by atoms with E-state index < -0.39 is 39.8 Å². The van der Waals surface area contributed by atoms with E-state index in [4.69, 9.17) is 5.11 Å². The first-order chi connectivity index (χ1) is 9.19. The van der Waals surface area contributed by atoms with Crippen molar-refractivity contribution in [2.24, 2.45) is 0 Å². The SMILES string of the molecule is COC(=O)CNS(=O)(=O)c1cc(C(=O)O)c(O)cc1C. The van der Waals surface area contributed by atoms with Crippen LogP contribution in [0.25, 0.3) is 0 Å². The minimum Gasteiger partial charge on any atom is -0.507 e. The zero-order chi connectivity index (χ0) is 15.5. The number of rotatable bonds is 5. The van der Waals surface area contributed by atoms with Crippen molar-refractivity contribution >= 4 is 22.0 Å². The fourth-order valence-electron chi connectivity index (χ4n) is 1.44. The maximum absolute atomic E-state index is 12.0. The molecule has 0 amide bonds. The van der Waals surface area contributed by atoms with E-state index in [0.29, 0.717) is 0 Å². The number of benzene rings is 1. The number of ether oxygens (including phenoxy) is 1. The number of aromatic carboxylic acids is 1. The van der Waals surface area contributed by atoms with E-state index in [0.717, 1.165) is 19.2 Å². The Morgan fingerprint density at radius 1 is 1.35 bits per heavy atom. The van der Waals surface area contributed by atoms with Crippen LogP contribution in [0.1, 0.15) is 15.9 Å². The van der Waals surface area contributed by atoms with Crippen molar-refractivity contribution < 1.29 is 33.0 Å². The lowest BCUT2D eigenvalue weighted by atomic mass is 10.1. The van der Waals surface area contributed by atoms with Crippen molar-refractivity contribution in [2.45, 2.75) is 11.8 Å². The third-order valence-corrected chi connectivity index (χ3v) is 3.99. The third kappa shape index (κ3) is 3.45. The fourth-order valence-corrected chi connectivity index (χ4v) is 2.66. The number of carboxylic acid groups (broad SMARTS) is 1. The van der Waals surface area contributed by atoms with E-state index in [-0.39, 0.29) is 10.5 Å². The van der Waals surface area contributed by atoms with Gasteiger partial charge in [0.2, 0.25) is 10.0 Å². The van der Waals surface area contributed by atoms with E-state index in [2.05, 4.69) is 4.74 Å². The molecule has 0 atom stereocenters. The number of phenols is 1. The number of carboxylic acids is 1. The Hall–Kier alpha value is -2.13. The molecule has 9 heteroatoms. The summed E-state index contributed by atoms with van der Waals surface area (Å²) >= 11 is 0. The Balaban J connectivity index is 3.21. The summed E-state index contributed by atoms with van der Waals surface area (Å²) in [5, 5.41) is 18.3. The zero-order valence-electron chi connectivity index (χ0n) is 10.7. The first-order valence-corrected chi connectivity index (χ1v) is 6.80. The van der Waals surface area contributed by atoms with Gasteiger partial charge in [-0.15, -0.1) is 0 Å². The summed E-state index contributed by atoms with van der Waals surface area (Å²) in [6.07, 6.45) is 0. The van der Waals surface area contributed by atoms with Gasteiger partial charge in [-0.25, -0.2) is 13.2 Å². The van der Waals surface area contributed by atoms with E-state index in [1.807, 2.05) is 4.72 Å². The molecule has 3 N–H and O–H groups in total. The first kappa shape index (κ1) is 15.9. The minimum atomic E-state index is -4.09. The van der Waals surface area contributed by atoms with Gasteiger partial charge in [0.25, 0.3) is 0 Å². The molecule has 0 aliphatic heterocycles. The molecule has 1 aromatic rings. The number of methoxy groups -OCH3 is 1. The molecule has 8 nitrogen and oxygen atoms in total. The molecule has 1 rings (SSSR count). The van der Waals surface area contributed by atoms with Gasteiger partial charge in [-0.3, -0.25) is 4.79 Å². The molecule has 0 spiro atoms. The normalized spacial score (nSPS) is 11.1. The van der Waals surface area contributed by atoms with E-state index >= 15 is 0 Å². The first-order valence-electron chi connectivity index (χ1n) is 5.32. The van der Waals surface area contributed by atoms with Gasteiger partial charge in [-0.1, -0.05) is 0 Å². The number of carbonyl (C=O) groups is 2. The average molecular weight is 303 g/mol. The summed E-state index contributed by atoms with van der Waals surface area (Å²) in [6, 6.07) is 1.85. The lowest BCUT2D eigenvalue weighted by molar-refractivity contribution is -0.139. The Morgan fingerprint density at radius 3 is 2.45 bits per heavy atom. The smallest absolute Gasteiger partial charge is 0.339 e. The van der Waals surface area contributed by atoms with Crippen molar-refractivity contribution in [1.29, 1.82) is 0 Å². The number of nitrogens with one attached hydrogen (secondary N) is 1. The molecule has 0 bridgehead atoms. The van der Waals surface area contributed by atoms with Crippen molar-refractivity contribution in [3.63, 3.8) is 0 Å². The minimum absolute atomic E-state index is 0.143. The lowest BCUT2D eigenvalue weighted by Gasteiger charge is -2.10. The second kappa shape index (κ2) is 5.88. The highest BCUT2D eigenvalue weighted by Crippen LogP contribution is 2.25. The maximum Gasteiger partial charge on any atom is 0.339 e. The molecule has 0 aliphatic rings. The molecular formula is C11H13NO7S. The van der Waals surface area contributed by atoms with Crippen LogP contribution in [-0.4, -0.2) is 44.2 Å². The number of aryl methyl sites for hydroxylation is 1. The molecule has 0 aromatic heterocycles. The maximum atomic E-state index is 12.0. The Labute approximate surface area is 115 Å². The number of hydrogen-bond donors (Lipinski definition) is 3. The largest absolute Gasteiger partial charge is 0.507 e. The number of aromatic hydroxyl groups is 1. The topological polar surface area (TPSA) is 130 Å². The van der Waals surface area contributed by atoms with E-state index in [1.165, 1.54) is 6.92 Å². The van der Waals surface area contributed by atoms with Crippen molar-refractivity contribution in [3.8, 4) is 5.75 Å². The highest BCUT2D eigenvalue weighted by atomic mass is 32.2. The Morgan fingerprint density at radius 2 is 1.95 bits per heavy atom. The van der Waals surface area contributed by atoms with Gasteiger partial charge >= 0.3 is 11.9 Å². The molecule has 0 saturated carbocycles. The van der Waals surface area contributed by atoms with Gasteiger partial charge in [0.05, 0.1) is 12.0 Å². The van der Waals surface area contributed by atoms with Crippen LogP contribution in [0.15, 0.2) is 17.0 Å². The quantitative estimate of drug-likeness (QED) is 0.645. The van der Waals surface area contributed by atoms with Crippen LogP contribution in [-0.2, 0) is 19.6 Å². The Bertz CT molecular complexity index is 651. The van der Waals surface area contributed by atoms with Crippen molar-refractivity contribution in [1.82, 2.24) is 4.72 Å². The third-order valence-electron chi connectivity index (χ3n) is 2.45. The lowest BCUT2D eigenvalue weighted by Crippen LogP contribution is -2.30. The van der Waals surface area contributed by atoms with Crippen LogP contribution >= 0.6 is 0 Å². The standard InChI is InChI=1S/C11H13NO7S/c1-6-3-8(13)7(11(15)16)4-9(6)20(17,18)12-5-10(14)19-2/h3-4,12-13H,5H2,1-2H3,(H,15,16). The van der Waals surface area contributed by atoms with Crippen LogP contribution in [0.3, 0.4) is 0 Å². The Kier molecular flexibility index (Phi) is 4.69. The van der Waals surface area contributed by atoms with E-state index in [9.17, 15) is 23.1 Å². The summed E-state index contributed by atoms with van der Waals surface area (Å²) in [5.74, 6) is -2.79. The van der Waals surface area contributed by atoms with Gasteiger partial charge in [0.1, 0.15) is 17.9 Å². The summed E-state index contributed by atoms with van der Waals surface area (Å²) in [7, 11) is -2.99. The van der Waals surface area contributed by atoms with Crippen molar-refractivity contribution in [2.75, 3.05) is 13.7 Å². The molecule has 0 heterocycles. The second-order valence-corrected chi connectivity index (χ2v) is 5.58. The van der Waals surface area contributed by atoms with Crippen LogP contribution in [0.5, 0.6) is 5.75 Å². The fraction of sp³-hybridized carbons (Fsp3) is 0.273. The monoisotopic (exact) mass is 303 g/mol. The van der Waals surface area contributed by atoms with Crippen molar-refractivity contribution in [3.05, 3.63) is 23.3 Å². The van der Waals surface area contributed by atoms with Gasteiger partial charge in [-0.2, -0.15) is 4.72 Å². The van der Waals surface area contributed by atoms with Crippen LogP contribution in [0, 0.1) is 6.92 Å². The predicted octanol–water partition coefficient (Wildman–Crippen LogP) is -0.150. The number of carbonyl (C=O) groups excluding carboxylic acids is 1. The zero-order valence-corrected chi connectivity index (χ0v) is 11.5. The molecule has 20 heavy (non-hydrogen) atoms.